The molecular weight excluding hydrogens is 358 g/mol. The Morgan fingerprint density at radius 3 is 2.96 bits per heavy atom. The number of carboxylic acids is 1. The van der Waals surface area contributed by atoms with Crippen molar-refractivity contribution in [2.45, 2.75) is 30.6 Å². The third kappa shape index (κ3) is 3.31. The molecule has 0 spiro atoms. The van der Waals surface area contributed by atoms with Gasteiger partial charge in [-0.15, -0.1) is 22.7 Å². The zero-order valence-corrected chi connectivity index (χ0v) is 14.7. The summed E-state index contributed by atoms with van der Waals surface area (Å²) in [7, 11) is -3.89. The monoisotopic (exact) mass is 373 g/mol. The van der Waals surface area contributed by atoms with Gasteiger partial charge in [-0.25, -0.2) is 22.9 Å². The number of aryl methyl sites for hydroxylation is 1. The highest BCUT2D eigenvalue weighted by Crippen LogP contribution is 2.34. The summed E-state index contributed by atoms with van der Waals surface area (Å²) in [5.74, 6) is -1.20. The van der Waals surface area contributed by atoms with E-state index in [4.69, 9.17) is 0 Å². The number of nitrogens with one attached hydrogen (secondary N) is 2. The number of aromatic nitrogens is 1. The van der Waals surface area contributed by atoms with E-state index in [0.29, 0.717) is 30.8 Å². The average Bonchev–Trinajstić information content (AvgIpc) is 3.09. The summed E-state index contributed by atoms with van der Waals surface area (Å²) in [6, 6.07) is 0. The van der Waals surface area contributed by atoms with Crippen molar-refractivity contribution in [3.8, 4) is 0 Å². The molecule has 0 bridgehead atoms. The van der Waals surface area contributed by atoms with Crippen molar-refractivity contribution in [1.82, 2.24) is 15.0 Å². The molecule has 0 radical (unpaired) electrons. The third-order valence-corrected chi connectivity index (χ3v) is 7.44. The van der Waals surface area contributed by atoms with Crippen LogP contribution in [-0.4, -0.2) is 31.0 Å². The van der Waals surface area contributed by atoms with Crippen LogP contribution in [0.5, 0.6) is 0 Å². The van der Waals surface area contributed by atoms with Crippen LogP contribution >= 0.6 is 22.7 Å². The molecule has 0 saturated heterocycles. The first kappa shape index (κ1) is 16.5. The number of carboxylic acid groups (broad SMARTS) is 1. The summed E-state index contributed by atoms with van der Waals surface area (Å²) < 4.78 is 27.4. The fourth-order valence-corrected chi connectivity index (χ4v) is 5.96. The summed E-state index contributed by atoms with van der Waals surface area (Å²) >= 11 is 2.46. The standard InChI is InChI=1S/C13H15N3O4S3/c1-7-16-8(6-21-7)4-15-23(19,20)13-11(12(17)18)9-2-3-14-5-10(9)22-13/h6,14-15H,2-5H2,1H3,(H,17,18). The fraction of sp³-hybridized carbons (Fsp3) is 0.385. The van der Waals surface area contributed by atoms with Gasteiger partial charge in [0.2, 0.25) is 0 Å². The number of fused-ring (bicyclic) bond motifs is 1. The molecule has 0 atom stereocenters. The minimum absolute atomic E-state index is 0.0482. The molecule has 1 aliphatic heterocycles. The average molecular weight is 373 g/mol. The van der Waals surface area contributed by atoms with Gasteiger partial charge in [0, 0.05) is 16.8 Å². The lowest BCUT2D eigenvalue weighted by molar-refractivity contribution is 0.0692. The van der Waals surface area contributed by atoms with Crippen LogP contribution in [-0.2, 0) is 29.5 Å². The van der Waals surface area contributed by atoms with Crippen molar-refractivity contribution in [2.75, 3.05) is 6.54 Å². The van der Waals surface area contributed by atoms with Gasteiger partial charge >= 0.3 is 5.97 Å². The SMILES string of the molecule is Cc1nc(CNS(=O)(=O)c2sc3c(c2C(=O)O)CCNC3)cs1. The lowest BCUT2D eigenvalue weighted by atomic mass is 10.1. The zero-order chi connectivity index (χ0) is 16.6. The normalized spacial score (nSPS) is 14.7. The Hall–Kier alpha value is -1.33. The lowest BCUT2D eigenvalue weighted by Crippen LogP contribution is -2.25. The number of aromatic carboxylic acids is 1. The Morgan fingerprint density at radius 1 is 1.52 bits per heavy atom. The molecular formula is C13H15N3O4S3. The molecule has 3 N–H and O–H groups in total. The number of hydrogen-bond donors (Lipinski definition) is 3. The fourth-order valence-electron chi connectivity index (χ4n) is 2.44. The van der Waals surface area contributed by atoms with Crippen LogP contribution < -0.4 is 10.0 Å². The van der Waals surface area contributed by atoms with E-state index in [1.54, 1.807) is 5.38 Å². The van der Waals surface area contributed by atoms with Gasteiger partial charge in [0.25, 0.3) is 10.0 Å². The van der Waals surface area contributed by atoms with E-state index in [-0.39, 0.29) is 16.3 Å². The predicted octanol–water partition coefficient (Wildman–Crippen LogP) is 1.34. The maximum Gasteiger partial charge on any atom is 0.338 e. The number of thiophene rings is 1. The first-order valence-electron chi connectivity index (χ1n) is 6.87. The lowest BCUT2D eigenvalue weighted by Gasteiger charge is -2.12. The maximum absolute atomic E-state index is 12.5. The Kier molecular flexibility index (Phi) is 4.52. The number of hydrogen-bond acceptors (Lipinski definition) is 7. The molecule has 2 aromatic heterocycles. The van der Waals surface area contributed by atoms with Crippen LogP contribution in [0.3, 0.4) is 0 Å². The van der Waals surface area contributed by atoms with Crippen LogP contribution in [0, 0.1) is 6.92 Å². The smallest absolute Gasteiger partial charge is 0.338 e. The molecule has 23 heavy (non-hydrogen) atoms. The second-order valence-corrected chi connectivity index (χ2v) is 9.21. The minimum atomic E-state index is -3.89. The summed E-state index contributed by atoms with van der Waals surface area (Å²) in [5, 5.41) is 15.2. The summed E-state index contributed by atoms with van der Waals surface area (Å²) in [4.78, 5) is 16.5. The van der Waals surface area contributed by atoms with E-state index >= 15 is 0 Å². The first-order valence-corrected chi connectivity index (χ1v) is 10.1. The number of rotatable bonds is 5. The molecule has 7 nitrogen and oxygen atoms in total. The number of nitrogens with zero attached hydrogens (tertiary/aromatic N) is 1. The van der Waals surface area contributed by atoms with E-state index in [2.05, 4.69) is 15.0 Å². The van der Waals surface area contributed by atoms with E-state index in [1.165, 1.54) is 11.3 Å². The van der Waals surface area contributed by atoms with Gasteiger partial charge in [0.15, 0.2) is 0 Å². The summed E-state index contributed by atoms with van der Waals surface area (Å²) in [6.07, 6.45) is 0.522. The molecule has 0 aliphatic carbocycles. The molecule has 124 valence electrons. The van der Waals surface area contributed by atoms with E-state index in [1.807, 2.05) is 6.92 Å². The summed E-state index contributed by atoms with van der Waals surface area (Å²) in [5.41, 5.74) is 1.16. The Morgan fingerprint density at radius 2 is 2.30 bits per heavy atom. The van der Waals surface area contributed by atoms with E-state index in [0.717, 1.165) is 21.2 Å². The van der Waals surface area contributed by atoms with E-state index in [9.17, 15) is 18.3 Å². The molecule has 2 aromatic rings. The largest absolute Gasteiger partial charge is 0.478 e. The topological polar surface area (TPSA) is 108 Å². The van der Waals surface area contributed by atoms with Gasteiger partial charge in [0.1, 0.15) is 4.21 Å². The number of carbonyl (C=O) groups is 1. The highest BCUT2D eigenvalue weighted by atomic mass is 32.2. The van der Waals surface area contributed by atoms with Crippen LogP contribution in [0.2, 0.25) is 0 Å². The highest BCUT2D eigenvalue weighted by molar-refractivity contribution is 7.91. The van der Waals surface area contributed by atoms with Crippen LogP contribution in [0.25, 0.3) is 0 Å². The quantitative estimate of drug-likeness (QED) is 0.730. The first-order chi connectivity index (χ1) is 10.9. The Balaban J connectivity index is 1.93. The molecule has 3 rings (SSSR count). The second-order valence-electron chi connectivity index (χ2n) is 5.08. The molecule has 0 amide bonds. The molecule has 0 unspecified atom stereocenters. The van der Waals surface area contributed by atoms with Gasteiger partial charge in [-0.05, 0) is 25.5 Å². The van der Waals surface area contributed by atoms with Crippen molar-refractivity contribution >= 4 is 38.7 Å². The molecule has 0 fully saturated rings. The van der Waals surface area contributed by atoms with Gasteiger partial charge < -0.3 is 10.4 Å². The van der Waals surface area contributed by atoms with Crippen LogP contribution in [0.15, 0.2) is 9.59 Å². The summed E-state index contributed by atoms with van der Waals surface area (Å²) in [6.45, 7) is 3.04. The molecule has 1 aliphatic rings. The predicted molar refractivity (Wildman–Crippen MR) is 87.6 cm³/mol. The zero-order valence-electron chi connectivity index (χ0n) is 12.2. The molecule has 3 heterocycles. The van der Waals surface area contributed by atoms with Gasteiger partial charge in [-0.1, -0.05) is 0 Å². The van der Waals surface area contributed by atoms with Crippen molar-refractivity contribution in [3.05, 3.63) is 32.1 Å². The molecule has 0 aromatic carbocycles. The van der Waals surface area contributed by atoms with Crippen molar-refractivity contribution in [3.63, 3.8) is 0 Å². The van der Waals surface area contributed by atoms with Gasteiger partial charge in [-0.2, -0.15) is 0 Å². The molecule has 10 heteroatoms. The van der Waals surface area contributed by atoms with Crippen molar-refractivity contribution in [1.29, 1.82) is 0 Å². The third-order valence-electron chi connectivity index (χ3n) is 3.46. The van der Waals surface area contributed by atoms with E-state index < -0.39 is 16.0 Å². The van der Waals surface area contributed by atoms with Crippen LogP contribution in [0.1, 0.15) is 31.5 Å². The maximum atomic E-state index is 12.5. The van der Waals surface area contributed by atoms with Crippen LogP contribution in [0.4, 0.5) is 0 Å². The number of sulfonamides is 1. The van der Waals surface area contributed by atoms with Crippen molar-refractivity contribution in [2.24, 2.45) is 0 Å². The second kappa shape index (κ2) is 6.29. The number of thiazole rings is 1. The Bertz CT molecular complexity index is 854. The highest BCUT2D eigenvalue weighted by Gasteiger charge is 2.31. The van der Waals surface area contributed by atoms with Gasteiger partial charge in [0.05, 0.1) is 22.8 Å². The minimum Gasteiger partial charge on any atom is -0.478 e. The van der Waals surface area contributed by atoms with Gasteiger partial charge in [-0.3, -0.25) is 0 Å². The Labute approximate surface area is 141 Å². The van der Waals surface area contributed by atoms with Crippen molar-refractivity contribution < 1.29 is 18.3 Å². The molecule has 0 saturated carbocycles.